The summed E-state index contributed by atoms with van der Waals surface area (Å²) in [6.07, 6.45) is 3.71. The molecule has 0 bridgehead atoms. The van der Waals surface area contributed by atoms with Crippen molar-refractivity contribution in [2.75, 3.05) is 19.7 Å². The molecule has 0 unspecified atom stereocenters. The first-order valence-corrected chi connectivity index (χ1v) is 11.9. The lowest BCUT2D eigenvalue weighted by Crippen LogP contribution is -2.35. The van der Waals surface area contributed by atoms with Crippen LogP contribution in [0.25, 0.3) is 0 Å². The van der Waals surface area contributed by atoms with Crippen molar-refractivity contribution in [2.24, 2.45) is 4.99 Å². The molecule has 4 rings (SSSR count). The molecule has 0 saturated carbocycles. The van der Waals surface area contributed by atoms with Gasteiger partial charge in [0, 0.05) is 25.1 Å². The second kappa shape index (κ2) is 11.5. The van der Waals surface area contributed by atoms with E-state index in [1.807, 2.05) is 53.4 Å². The minimum Gasteiger partial charge on any atom is -0.494 e. The number of carbonyl (C=O) groups is 3. The van der Waals surface area contributed by atoms with Crippen LogP contribution in [-0.2, 0) is 27.5 Å². The Hall–Kier alpha value is -3.88. The number of hydrogen-bond donors (Lipinski definition) is 2. The topological polar surface area (TPSA) is 112 Å². The number of hydrogen-bond acceptors (Lipinski definition) is 6. The molecule has 2 aromatic rings. The summed E-state index contributed by atoms with van der Waals surface area (Å²) in [5.74, 6) is 0.205. The van der Waals surface area contributed by atoms with E-state index < -0.39 is 5.97 Å². The van der Waals surface area contributed by atoms with E-state index in [0.717, 1.165) is 41.8 Å². The molecule has 0 aromatic heterocycles. The van der Waals surface area contributed by atoms with Gasteiger partial charge in [0.05, 0.1) is 12.3 Å². The van der Waals surface area contributed by atoms with Gasteiger partial charge in [-0.2, -0.15) is 0 Å². The highest BCUT2D eigenvalue weighted by atomic mass is 16.5. The first-order valence-electron chi connectivity index (χ1n) is 11.9. The highest BCUT2D eigenvalue weighted by molar-refractivity contribution is 6.05. The van der Waals surface area contributed by atoms with Gasteiger partial charge < -0.3 is 19.6 Å². The minimum atomic E-state index is -1.01. The Morgan fingerprint density at radius 3 is 2.66 bits per heavy atom. The number of benzene rings is 2. The Morgan fingerprint density at radius 1 is 1.06 bits per heavy atom. The van der Waals surface area contributed by atoms with E-state index in [2.05, 4.69) is 10.3 Å². The molecule has 0 atom stereocenters. The number of fused-ring (bicyclic) bond motifs is 2. The van der Waals surface area contributed by atoms with Crippen LogP contribution in [0, 0.1) is 0 Å². The van der Waals surface area contributed by atoms with Crippen molar-refractivity contribution in [3.8, 4) is 5.75 Å². The van der Waals surface area contributed by atoms with E-state index in [1.54, 1.807) is 0 Å². The van der Waals surface area contributed by atoms with Crippen LogP contribution in [0.4, 0.5) is 5.69 Å². The zero-order valence-electron chi connectivity index (χ0n) is 19.6. The van der Waals surface area contributed by atoms with Crippen molar-refractivity contribution < 1.29 is 24.2 Å². The quantitative estimate of drug-likeness (QED) is 0.454. The molecule has 2 heterocycles. The number of guanidine groups is 1. The van der Waals surface area contributed by atoms with Gasteiger partial charge in [-0.25, -0.2) is 4.99 Å². The first-order chi connectivity index (χ1) is 17.0. The van der Waals surface area contributed by atoms with E-state index in [0.29, 0.717) is 45.0 Å². The summed E-state index contributed by atoms with van der Waals surface area (Å²) in [4.78, 5) is 43.1. The SMILES string of the molecule is O=C(O)CN(Cc1ccccc1)C(=O)CCCCCCOc1ccc2c(c1)CN1CC(=O)NC1=N2. The summed E-state index contributed by atoms with van der Waals surface area (Å²) in [7, 11) is 0. The van der Waals surface area contributed by atoms with Crippen LogP contribution < -0.4 is 10.1 Å². The lowest BCUT2D eigenvalue weighted by molar-refractivity contribution is -0.145. The van der Waals surface area contributed by atoms with Crippen LogP contribution >= 0.6 is 0 Å². The van der Waals surface area contributed by atoms with Crippen LogP contribution in [0.5, 0.6) is 5.75 Å². The van der Waals surface area contributed by atoms with Crippen molar-refractivity contribution in [1.82, 2.24) is 15.1 Å². The van der Waals surface area contributed by atoms with Crippen molar-refractivity contribution in [3.63, 3.8) is 0 Å². The maximum atomic E-state index is 12.6. The monoisotopic (exact) mass is 478 g/mol. The van der Waals surface area contributed by atoms with E-state index in [4.69, 9.17) is 9.84 Å². The average molecular weight is 479 g/mol. The predicted octanol–water partition coefficient (Wildman–Crippen LogP) is 3.06. The molecule has 0 radical (unpaired) electrons. The summed E-state index contributed by atoms with van der Waals surface area (Å²) in [5, 5.41) is 11.9. The number of ether oxygens (including phenoxy) is 1. The lowest BCUT2D eigenvalue weighted by Gasteiger charge is -2.23. The average Bonchev–Trinajstić information content (AvgIpc) is 3.20. The molecule has 35 heavy (non-hydrogen) atoms. The highest BCUT2D eigenvalue weighted by Gasteiger charge is 2.29. The number of nitrogens with zero attached hydrogens (tertiary/aromatic N) is 3. The minimum absolute atomic E-state index is 0.0412. The summed E-state index contributed by atoms with van der Waals surface area (Å²) in [5.41, 5.74) is 2.79. The fraction of sp³-hybridized carbons (Fsp3) is 0.385. The van der Waals surface area contributed by atoms with E-state index in [1.165, 1.54) is 4.90 Å². The lowest BCUT2D eigenvalue weighted by atomic mass is 10.1. The number of aliphatic imine (C=N–C) groups is 1. The third kappa shape index (κ3) is 6.81. The Balaban J connectivity index is 1.14. The third-order valence-corrected chi connectivity index (χ3v) is 5.97. The number of carboxylic acids is 1. The zero-order valence-corrected chi connectivity index (χ0v) is 19.6. The predicted molar refractivity (Wildman–Crippen MR) is 130 cm³/mol. The normalized spacial score (nSPS) is 14.0. The van der Waals surface area contributed by atoms with E-state index >= 15 is 0 Å². The number of carboxylic acid groups (broad SMARTS) is 1. The Bertz CT molecular complexity index is 1100. The third-order valence-electron chi connectivity index (χ3n) is 5.97. The Morgan fingerprint density at radius 2 is 1.86 bits per heavy atom. The second-order valence-electron chi connectivity index (χ2n) is 8.77. The second-order valence-corrected chi connectivity index (χ2v) is 8.77. The first kappa shape index (κ1) is 24.3. The molecule has 1 saturated heterocycles. The summed E-state index contributed by atoms with van der Waals surface area (Å²) in [6, 6.07) is 15.2. The van der Waals surface area contributed by atoms with Gasteiger partial charge in [0.2, 0.25) is 17.8 Å². The largest absolute Gasteiger partial charge is 0.494 e. The number of aliphatic carboxylic acids is 1. The fourth-order valence-corrected chi connectivity index (χ4v) is 4.21. The molecule has 2 aliphatic rings. The van der Waals surface area contributed by atoms with Crippen LogP contribution in [0.3, 0.4) is 0 Å². The van der Waals surface area contributed by atoms with E-state index in [9.17, 15) is 14.4 Å². The molecule has 9 heteroatoms. The van der Waals surface area contributed by atoms with Gasteiger partial charge in [-0.3, -0.25) is 19.7 Å². The smallest absolute Gasteiger partial charge is 0.323 e. The van der Waals surface area contributed by atoms with E-state index in [-0.39, 0.29) is 18.4 Å². The fourth-order valence-electron chi connectivity index (χ4n) is 4.21. The molecule has 0 spiro atoms. The van der Waals surface area contributed by atoms with Crippen molar-refractivity contribution in [3.05, 3.63) is 59.7 Å². The standard InChI is InChI=1S/C26H30N4O5/c31-23-17-30-16-20-14-21(11-12-22(20)27-26(30)28-23)35-13-7-2-1-6-10-24(32)29(18-25(33)34)15-19-8-4-3-5-9-19/h3-5,8-9,11-12,14H,1-2,6-7,10,13,15-18H2,(H,33,34)(H,27,28,31). The van der Waals surface area contributed by atoms with Crippen LogP contribution in [0.1, 0.15) is 43.2 Å². The van der Waals surface area contributed by atoms with Crippen molar-refractivity contribution in [1.29, 1.82) is 0 Å². The number of nitrogens with one attached hydrogen (secondary N) is 1. The van der Waals surface area contributed by atoms with Crippen LogP contribution in [0.15, 0.2) is 53.5 Å². The van der Waals surface area contributed by atoms with Gasteiger partial charge in [-0.1, -0.05) is 43.2 Å². The molecular weight excluding hydrogens is 448 g/mol. The van der Waals surface area contributed by atoms with Gasteiger partial charge >= 0.3 is 5.97 Å². The summed E-state index contributed by atoms with van der Waals surface area (Å²) < 4.78 is 5.89. The maximum absolute atomic E-state index is 12.6. The van der Waals surface area contributed by atoms with Crippen molar-refractivity contribution in [2.45, 2.75) is 45.2 Å². The van der Waals surface area contributed by atoms with Gasteiger partial charge in [0.15, 0.2) is 0 Å². The molecule has 9 nitrogen and oxygen atoms in total. The zero-order chi connectivity index (χ0) is 24.6. The number of carbonyl (C=O) groups excluding carboxylic acids is 2. The summed E-state index contributed by atoms with van der Waals surface area (Å²) in [6.45, 7) is 1.54. The summed E-state index contributed by atoms with van der Waals surface area (Å²) >= 11 is 0. The highest BCUT2D eigenvalue weighted by Crippen LogP contribution is 2.30. The number of rotatable bonds is 12. The van der Waals surface area contributed by atoms with Gasteiger partial charge in [-0.05, 0) is 36.6 Å². The molecule has 0 aliphatic carbocycles. The Kier molecular flexibility index (Phi) is 7.97. The maximum Gasteiger partial charge on any atom is 0.323 e. The van der Waals surface area contributed by atoms with Gasteiger partial charge in [0.1, 0.15) is 18.8 Å². The molecule has 2 aromatic carbocycles. The van der Waals surface area contributed by atoms with Gasteiger partial charge in [0.25, 0.3) is 0 Å². The molecular formula is C26H30N4O5. The number of unbranched alkanes of at least 4 members (excludes halogenated alkanes) is 3. The molecule has 1 fully saturated rings. The molecule has 184 valence electrons. The molecule has 2 amide bonds. The van der Waals surface area contributed by atoms with Gasteiger partial charge in [-0.15, -0.1) is 0 Å². The van der Waals surface area contributed by atoms with Crippen LogP contribution in [-0.4, -0.2) is 58.3 Å². The molecule has 2 aliphatic heterocycles. The van der Waals surface area contributed by atoms with Crippen LogP contribution in [0.2, 0.25) is 0 Å². The number of amides is 2. The molecule has 2 N–H and O–H groups in total. The Labute approximate surface area is 204 Å². The van der Waals surface area contributed by atoms with Crippen molar-refractivity contribution >= 4 is 29.4 Å².